The summed E-state index contributed by atoms with van der Waals surface area (Å²) in [4.78, 5) is 19.4. The molecule has 8 nitrogen and oxygen atoms in total. The smallest absolute Gasteiger partial charge is 0.322 e. The number of carbonyl (C=O) groups excluding carboxylic acids is 1. The first-order valence-corrected chi connectivity index (χ1v) is 11.0. The van der Waals surface area contributed by atoms with Crippen molar-refractivity contribution in [2.24, 2.45) is 0 Å². The number of urea groups is 1. The lowest BCUT2D eigenvalue weighted by Gasteiger charge is -2.34. The maximum Gasteiger partial charge on any atom is 0.322 e. The van der Waals surface area contributed by atoms with Crippen molar-refractivity contribution < 1.29 is 18.5 Å². The van der Waals surface area contributed by atoms with Crippen LogP contribution in [-0.2, 0) is 6.54 Å². The summed E-state index contributed by atoms with van der Waals surface area (Å²) in [6, 6.07) is 17.5. The number of aromatic nitrogens is 2. The van der Waals surface area contributed by atoms with Gasteiger partial charge in [0.15, 0.2) is 0 Å². The average molecular weight is 477 g/mol. The first-order valence-electron chi connectivity index (χ1n) is 10.6. The van der Waals surface area contributed by atoms with Gasteiger partial charge in [0.2, 0.25) is 5.82 Å². The lowest BCUT2D eigenvalue weighted by molar-refractivity contribution is 0.199. The standard InChI is InChI=1S/C25H21ClN4O4/c1-15-21(24-28-23(29-34-24)17-5-9-18(26)10-6-17)22(16-7-11-19(32-2)12-8-16)27-25(31)30(15)14-20-4-3-13-33-20/h3-13,22H,14H2,1-2H3,(H,27,31). The molecule has 5 rings (SSSR count). The van der Waals surface area contributed by atoms with Crippen LogP contribution in [0.1, 0.15) is 30.2 Å². The van der Waals surface area contributed by atoms with Crippen LogP contribution in [0.15, 0.2) is 81.6 Å². The summed E-state index contributed by atoms with van der Waals surface area (Å²) in [5, 5.41) is 7.86. The average Bonchev–Trinajstić information content (AvgIpc) is 3.54. The van der Waals surface area contributed by atoms with E-state index in [2.05, 4.69) is 15.5 Å². The Morgan fingerprint density at radius 3 is 2.56 bits per heavy atom. The number of halogens is 1. The molecule has 0 radical (unpaired) electrons. The second-order valence-electron chi connectivity index (χ2n) is 7.75. The molecular formula is C25H21ClN4O4. The number of rotatable bonds is 6. The van der Waals surface area contributed by atoms with Crippen LogP contribution < -0.4 is 10.1 Å². The second-order valence-corrected chi connectivity index (χ2v) is 8.19. The van der Waals surface area contributed by atoms with Crippen molar-refractivity contribution in [3.8, 4) is 17.1 Å². The molecule has 1 aliphatic rings. The summed E-state index contributed by atoms with van der Waals surface area (Å²) in [6.45, 7) is 2.13. The number of benzene rings is 2. The number of amides is 2. The van der Waals surface area contributed by atoms with Crippen molar-refractivity contribution in [1.82, 2.24) is 20.4 Å². The van der Waals surface area contributed by atoms with Crippen LogP contribution in [0.2, 0.25) is 5.02 Å². The molecule has 2 aromatic heterocycles. The number of ether oxygens (including phenoxy) is 1. The number of nitrogens with one attached hydrogen (secondary N) is 1. The monoisotopic (exact) mass is 476 g/mol. The van der Waals surface area contributed by atoms with Crippen LogP contribution in [-0.4, -0.2) is 28.2 Å². The summed E-state index contributed by atoms with van der Waals surface area (Å²) in [7, 11) is 1.61. The summed E-state index contributed by atoms with van der Waals surface area (Å²) in [5.41, 5.74) is 3.01. The molecule has 2 amide bonds. The van der Waals surface area contributed by atoms with Gasteiger partial charge in [0.05, 0.1) is 31.5 Å². The molecule has 1 unspecified atom stereocenters. The van der Waals surface area contributed by atoms with Gasteiger partial charge in [-0.25, -0.2) is 4.79 Å². The number of hydrogen-bond acceptors (Lipinski definition) is 6. The normalized spacial score (nSPS) is 16.0. The van der Waals surface area contributed by atoms with E-state index in [4.69, 9.17) is 25.3 Å². The minimum Gasteiger partial charge on any atom is -0.497 e. The Hall–Kier alpha value is -4.04. The molecule has 0 saturated carbocycles. The molecule has 34 heavy (non-hydrogen) atoms. The molecule has 0 bridgehead atoms. The Kier molecular flexibility index (Phi) is 5.81. The fraction of sp³-hybridized carbons (Fsp3) is 0.160. The predicted octanol–water partition coefficient (Wildman–Crippen LogP) is 5.69. The van der Waals surface area contributed by atoms with Crippen molar-refractivity contribution in [1.29, 1.82) is 0 Å². The highest BCUT2D eigenvalue weighted by Crippen LogP contribution is 2.38. The quantitative estimate of drug-likeness (QED) is 0.384. The zero-order valence-electron chi connectivity index (χ0n) is 18.5. The van der Waals surface area contributed by atoms with Crippen molar-refractivity contribution in [2.75, 3.05) is 7.11 Å². The molecule has 9 heteroatoms. The third kappa shape index (κ3) is 4.15. The van der Waals surface area contributed by atoms with E-state index in [1.54, 1.807) is 36.5 Å². The molecule has 1 aliphatic heterocycles. The Bertz CT molecular complexity index is 1330. The van der Waals surface area contributed by atoms with E-state index < -0.39 is 6.04 Å². The maximum absolute atomic E-state index is 13.1. The molecule has 0 saturated heterocycles. The Morgan fingerprint density at radius 1 is 1.12 bits per heavy atom. The van der Waals surface area contributed by atoms with Gasteiger partial charge in [0, 0.05) is 16.3 Å². The van der Waals surface area contributed by atoms with Crippen LogP contribution in [0.25, 0.3) is 17.0 Å². The van der Waals surface area contributed by atoms with Crippen molar-refractivity contribution in [3.63, 3.8) is 0 Å². The van der Waals surface area contributed by atoms with E-state index in [-0.39, 0.29) is 12.6 Å². The fourth-order valence-electron chi connectivity index (χ4n) is 3.90. The molecule has 0 spiro atoms. The second kappa shape index (κ2) is 9.07. The molecule has 172 valence electrons. The zero-order valence-corrected chi connectivity index (χ0v) is 19.2. The number of methoxy groups -OCH3 is 1. The van der Waals surface area contributed by atoms with Crippen LogP contribution >= 0.6 is 11.6 Å². The first-order chi connectivity index (χ1) is 16.5. The number of carbonyl (C=O) groups is 1. The van der Waals surface area contributed by atoms with E-state index >= 15 is 0 Å². The molecule has 1 atom stereocenters. The van der Waals surface area contributed by atoms with Crippen LogP contribution in [0.4, 0.5) is 4.79 Å². The highest BCUT2D eigenvalue weighted by atomic mass is 35.5. The Labute approximate surface area is 200 Å². The predicted molar refractivity (Wildman–Crippen MR) is 126 cm³/mol. The first kappa shape index (κ1) is 21.8. The number of hydrogen-bond donors (Lipinski definition) is 1. The lowest BCUT2D eigenvalue weighted by atomic mass is 9.94. The molecule has 3 heterocycles. The molecule has 4 aromatic rings. The van der Waals surface area contributed by atoms with E-state index in [1.807, 2.05) is 49.4 Å². The minimum atomic E-state index is -0.496. The highest BCUT2D eigenvalue weighted by molar-refractivity contribution is 6.30. The highest BCUT2D eigenvalue weighted by Gasteiger charge is 2.36. The van der Waals surface area contributed by atoms with Gasteiger partial charge in [-0.05, 0) is 61.0 Å². The largest absolute Gasteiger partial charge is 0.497 e. The van der Waals surface area contributed by atoms with Gasteiger partial charge in [0.25, 0.3) is 5.89 Å². The van der Waals surface area contributed by atoms with Crippen LogP contribution in [0.5, 0.6) is 5.75 Å². The third-order valence-corrected chi connectivity index (χ3v) is 5.95. The molecule has 2 aromatic carbocycles. The van der Waals surface area contributed by atoms with E-state index in [9.17, 15) is 4.79 Å². The summed E-state index contributed by atoms with van der Waals surface area (Å²) >= 11 is 6.01. The van der Waals surface area contributed by atoms with Crippen molar-refractivity contribution >= 4 is 23.2 Å². The van der Waals surface area contributed by atoms with E-state index in [1.165, 1.54) is 0 Å². The molecular weight excluding hydrogens is 456 g/mol. The number of nitrogens with zero attached hydrogens (tertiary/aromatic N) is 3. The van der Waals surface area contributed by atoms with Gasteiger partial charge in [-0.2, -0.15) is 4.98 Å². The van der Waals surface area contributed by atoms with Gasteiger partial charge in [-0.3, -0.25) is 4.90 Å². The lowest BCUT2D eigenvalue weighted by Crippen LogP contribution is -2.45. The van der Waals surface area contributed by atoms with Crippen LogP contribution in [0, 0.1) is 0 Å². The number of furan rings is 1. The third-order valence-electron chi connectivity index (χ3n) is 5.70. The van der Waals surface area contributed by atoms with Gasteiger partial charge < -0.3 is 19.0 Å². The van der Waals surface area contributed by atoms with Crippen molar-refractivity contribution in [2.45, 2.75) is 19.5 Å². The molecule has 1 N–H and O–H groups in total. The summed E-state index contributed by atoms with van der Waals surface area (Å²) < 4.78 is 16.4. The van der Waals surface area contributed by atoms with Gasteiger partial charge in [0.1, 0.15) is 11.5 Å². The van der Waals surface area contributed by atoms with Gasteiger partial charge in [-0.15, -0.1) is 0 Å². The Balaban J connectivity index is 1.58. The SMILES string of the molecule is COc1ccc(C2NC(=O)N(Cc3ccco3)C(C)=C2c2nc(-c3ccc(Cl)cc3)no2)cc1. The molecule has 0 aliphatic carbocycles. The minimum absolute atomic E-state index is 0.254. The van der Waals surface area contributed by atoms with E-state index in [0.717, 1.165) is 16.9 Å². The van der Waals surface area contributed by atoms with Gasteiger partial charge >= 0.3 is 6.03 Å². The van der Waals surface area contributed by atoms with Crippen molar-refractivity contribution in [3.05, 3.63) is 94.9 Å². The fourth-order valence-corrected chi connectivity index (χ4v) is 4.03. The summed E-state index contributed by atoms with van der Waals surface area (Å²) in [5.74, 6) is 2.11. The Morgan fingerprint density at radius 2 is 1.88 bits per heavy atom. The van der Waals surface area contributed by atoms with Crippen LogP contribution in [0.3, 0.4) is 0 Å². The van der Waals surface area contributed by atoms with E-state index in [0.29, 0.717) is 33.8 Å². The maximum atomic E-state index is 13.1. The molecule has 0 fully saturated rings. The number of allylic oxidation sites excluding steroid dienone is 1. The zero-order chi connectivity index (χ0) is 23.7. The topological polar surface area (TPSA) is 93.6 Å². The summed E-state index contributed by atoms with van der Waals surface area (Å²) in [6.07, 6.45) is 1.58. The van der Waals surface area contributed by atoms with Gasteiger partial charge in [-0.1, -0.05) is 28.9 Å².